The van der Waals surface area contributed by atoms with Crippen LogP contribution < -0.4 is 4.74 Å². The molecule has 0 N–H and O–H groups in total. The van der Waals surface area contributed by atoms with Crippen molar-refractivity contribution in [3.05, 3.63) is 30.1 Å². The summed E-state index contributed by atoms with van der Waals surface area (Å²) >= 11 is 0.726. The molecule has 0 amide bonds. The quantitative estimate of drug-likeness (QED) is 0.809. The number of sulfone groups is 1. The zero-order valence-electron chi connectivity index (χ0n) is 10.4. The molecule has 0 fully saturated rings. The third-order valence-electron chi connectivity index (χ3n) is 2.23. The first-order chi connectivity index (χ1) is 9.51. The molecule has 0 spiro atoms. The summed E-state index contributed by atoms with van der Waals surface area (Å²) in [6.45, 7) is 0.0794. The largest absolute Gasteiger partial charge is 0.424 e. The fourth-order valence-corrected chi connectivity index (χ4v) is 3.20. The number of ether oxygens (including phenoxy) is 2. The van der Waals surface area contributed by atoms with Crippen LogP contribution in [0.4, 0.5) is 4.39 Å². The van der Waals surface area contributed by atoms with E-state index in [2.05, 4.69) is 9.36 Å². The first-order valence-corrected chi connectivity index (χ1v) is 7.92. The highest BCUT2D eigenvalue weighted by Crippen LogP contribution is 2.23. The van der Waals surface area contributed by atoms with Crippen LogP contribution in [0, 0.1) is 5.82 Å². The third kappa shape index (κ3) is 3.71. The van der Waals surface area contributed by atoms with Gasteiger partial charge in [0.15, 0.2) is 0 Å². The first kappa shape index (κ1) is 14.8. The Morgan fingerprint density at radius 1 is 1.30 bits per heavy atom. The van der Waals surface area contributed by atoms with E-state index in [0.717, 1.165) is 11.5 Å². The van der Waals surface area contributed by atoms with Crippen molar-refractivity contribution in [2.75, 3.05) is 19.5 Å². The molecule has 9 heteroatoms. The van der Waals surface area contributed by atoms with Crippen molar-refractivity contribution in [1.29, 1.82) is 0 Å². The van der Waals surface area contributed by atoms with Gasteiger partial charge in [-0.05, 0) is 24.3 Å². The third-order valence-corrected chi connectivity index (χ3v) is 5.04. The predicted octanol–water partition coefficient (Wildman–Crippen LogP) is 1.89. The maximum atomic E-state index is 12.7. The van der Waals surface area contributed by atoms with Crippen LogP contribution in [0.15, 0.2) is 28.6 Å². The average Bonchev–Trinajstić information content (AvgIpc) is 2.88. The smallest absolute Gasteiger partial charge is 0.335 e. The molecule has 0 aliphatic carbocycles. The summed E-state index contributed by atoms with van der Waals surface area (Å²) in [4.78, 5) is 3.80. The second-order valence-corrected chi connectivity index (χ2v) is 6.75. The fourth-order valence-electron chi connectivity index (χ4n) is 1.25. The molecular weight excluding hydrogens is 307 g/mol. The molecule has 0 saturated heterocycles. The first-order valence-electron chi connectivity index (χ1n) is 5.50. The van der Waals surface area contributed by atoms with Gasteiger partial charge in [0.05, 0.1) is 12.4 Å². The van der Waals surface area contributed by atoms with E-state index in [1.807, 2.05) is 0 Å². The summed E-state index contributed by atoms with van der Waals surface area (Å²) < 4.78 is 50.0. The van der Waals surface area contributed by atoms with Gasteiger partial charge >= 0.3 is 6.01 Å². The van der Waals surface area contributed by atoms with Crippen molar-refractivity contribution < 1.29 is 22.3 Å². The van der Waals surface area contributed by atoms with Gasteiger partial charge in [-0.1, -0.05) is 0 Å². The highest BCUT2D eigenvalue weighted by atomic mass is 32.2. The Balaban J connectivity index is 2.11. The molecule has 1 aromatic heterocycles. The summed E-state index contributed by atoms with van der Waals surface area (Å²) in [5.74, 6) is -0.245. The zero-order valence-corrected chi connectivity index (χ0v) is 12.1. The number of nitrogens with zero attached hydrogens (tertiary/aromatic N) is 2. The average molecular weight is 318 g/mol. The Kier molecular flexibility index (Phi) is 4.63. The van der Waals surface area contributed by atoms with E-state index in [-0.39, 0.29) is 22.7 Å². The minimum atomic E-state index is -3.52. The minimum Gasteiger partial charge on any atom is -0.424 e. The lowest BCUT2D eigenvalue weighted by Gasteiger charge is -2.00. The summed E-state index contributed by atoms with van der Waals surface area (Å²) in [7, 11) is -2.11. The number of hydrogen-bond acceptors (Lipinski definition) is 7. The van der Waals surface area contributed by atoms with Crippen LogP contribution in [-0.4, -0.2) is 37.2 Å². The molecule has 2 rings (SSSR count). The molecule has 108 valence electrons. The molecule has 0 atom stereocenters. The van der Waals surface area contributed by atoms with Gasteiger partial charge in [0.25, 0.3) is 0 Å². The van der Waals surface area contributed by atoms with E-state index in [0.29, 0.717) is 5.75 Å². The minimum absolute atomic E-state index is 0.0794. The van der Waals surface area contributed by atoms with Gasteiger partial charge in [0, 0.05) is 18.6 Å². The standard InChI is InChI=1S/C11H11FN2O4S2/c1-17-6-7-20(15,16)11-13-10(14-19-11)18-9-4-2-8(12)3-5-9/h2-5H,6-7H2,1H3. The zero-order chi connectivity index (χ0) is 14.6. The Hall–Kier alpha value is -1.58. The van der Waals surface area contributed by atoms with Crippen molar-refractivity contribution in [2.24, 2.45) is 0 Å². The summed E-state index contributed by atoms with van der Waals surface area (Å²) in [6, 6.07) is 5.15. The van der Waals surface area contributed by atoms with Gasteiger partial charge in [-0.3, -0.25) is 0 Å². The number of rotatable bonds is 6. The molecule has 0 aliphatic heterocycles. The normalized spacial score (nSPS) is 11.5. The number of methoxy groups -OCH3 is 1. The van der Waals surface area contributed by atoms with Gasteiger partial charge < -0.3 is 9.47 Å². The summed E-state index contributed by atoms with van der Waals surface area (Å²) in [5.41, 5.74) is 0. The van der Waals surface area contributed by atoms with Gasteiger partial charge in [0.1, 0.15) is 11.6 Å². The number of benzene rings is 1. The van der Waals surface area contributed by atoms with Crippen molar-refractivity contribution >= 4 is 21.4 Å². The number of halogens is 1. The molecule has 20 heavy (non-hydrogen) atoms. The molecule has 6 nitrogen and oxygen atoms in total. The molecule has 0 aliphatic rings. The van der Waals surface area contributed by atoms with Crippen LogP contribution in [0.25, 0.3) is 0 Å². The lowest BCUT2D eigenvalue weighted by atomic mass is 10.3. The molecule has 0 unspecified atom stereocenters. The lowest BCUT2D eigenvalue weighted by molar-refractivity contribution is 0.217. The van der Waals surface area contributed by atoms with Crippen LogP contribution in [0.5, 0.6) is 11.8 Å². The van der Waals surface area contributed by atoms with Gasteiger partial charge in [0.2, 0.25) is 14.2 Å². The second kappa shape index (κ2) is 6.25. The maximum absolute atomic E-state index is 12.7. The Labute approximate surface area is 119 Å². The molecule has 0 bridgehead atoms. The van der Waals surface area contributed by atoms with Crippen LogP contribution in [0.2, 0.25) is 0 Å². The number of hydrogen-bond donors (Lipinski definition) is 0. The highest BCUT2D eigenvalue weighted by molar-refractivity contribution is 7.93. The second-order valence-electron chi connectivity index (χ2n) is 3.71. The SMILES string of the molecule is COCCS(=O)(=O)c1nc(Oc2ccc(F)cc2)ns1. The molecule has 1 heterocycles. The monoisotopic (exact) mass is 318 g/mol. The van der Waals surface area contributed by atoms with Crippen LogP contribution in [-0.2, 0) is 14.6 Å². The molecule has 0 radical (unpaired) electrons. The Morgan fingerprint density at radius 3 is 2.65 bits per heavy atom. The van der Waals surface area contributed by atoms with Crippen molar-refractivity contribution in [2.45, 2.75) is 4.34 Å². The van der Waals surface area contributed by atoms with E-state index in [4.69, 9.17) is 9.47 Å². The van der Waals surface area contributed by atoms with Crippen molar-refractivity contribution in [1.82, 2.24) is 9.36 Å². The molecule has 1 aromatic carbocycles. The van der Waals surface area contributed by atoms with E-state index in [9.17, 15) is 12.8 Å². The van der Waals surface area contributed by atoms with Crippen LogP contribution in [0.3, 0.4) is 0 Å². The molecule has 0 saturated carbocycles. The Bertz CT molecular complexity index is 670. The van der Waals surface area contributed by atoms with Gasteiger partial charge in [-0.15, -0.1) is 4.37 Å². The molecule has 2 aromatic rings. The lowest BCUT2D eigenvalue weighted by Crippen LogP contribution is -2.11. The predicted molar refractivity (Wildman–Crippen MR) is 70.3 cm³/mol. The van der Waals surface area contributed by atoms with Gasteiger partial charge in [-0.2, -0.15) is 4.98 Å². The molecular formula is C11H11FN2O4S2. The maximum Gasteiger partial charge on any atom is 0.335 e. The highest BCUT2D eigenvalue weighted by Gasteiger charge is 2.20. The van der Waals surface area contributed by atoms with E-state index in [1.54, 1.807) is 0 Å². The van der Waals surface area contributed by atoms with E-state index in [1.165, 1.54) is 31.4 Å². The Morgan fingerprint density at radius 2 is 2.00 bits per heavy atom. The summed E-state index contributed by atoms with van der Waals surface area (Å²) in [5, 5.41) is 0. The van der Waals surface area contributed by atoms with Crippen molar-refractivity contribution in [3.63, 3.8) is 0 Å². The van der Waals surface area contributed by atoms with E-state index >= 15 is 0 Å². The topological polar surface area (TPSA) is 78.4 Å². The number of aromatic nitrogens is 2. The van der Waals surface area contributed by atoms with Crippen molar-refractivity contribution in [3.8, 4) is 11.8 Å². The fraction of sp³-hybridized carbons (Fsp3) is 0.273. The van der Waals surface area contributed by atoms with E-state index < -0.39 is 15.7 Å². The van der Waals surface area contributed by atoms with Gasteiger partial charge in [-0.25, -0.2) is 12.8 Å². The van der Waals surface area contributed by atoms with Crippen LogP contribution >= 0.6 is 11.5 Å². The van der Waals surface area contributed by atoms with Crippen LogP contribution in [0.1, 0.15) is 0 Å². The summed E-state index contributed by atoms with van der Waals surface area (Å²) in [6.07, 6.45) is 0.